The first-order chi connectivity index (χ1) is 10.6. The van der Waals surface area contributed by atoms with Crippen molar-refractivity contribution in [3.63, 3.8) is 0 Å². The average Bonchev–Trinajstić information content (AvgIpc) is 2.86. The molecule has 1 aromatic heterocycles. The minimum absolute atomic E-state index is 0.109. The number of nitrogens with one attached hydrogen (secondary N) is 1. The van der Waals surface area contributed by atoms with E-state index in [1.165, 1.54) is 11.1 Å². The third-order valence-electron chi connectivity index (χ3n) is 4.24. The van der Waals surface area contributed by atoms with E-state index in [0.717, 1.165) is 22.2 Å². The van der Waals surface area contributed by atoms with Crippen molar-refractivity contribution in [2.75, 3.05) is 11.9 Å². The largest absolute Gasteiger partial charge is 0.377 e. The first-order valence-corrected chi connectivity index (χ1v) is 7.45. The van der Waals surface area contributed by atoms with Gasteiger partial charge in [-0.1, -0.05) is 30.3 Å². The number of hydrogen-bond acceptors (Lipinski definition) is 2. The molecule has 0 saturated carbocycles. The van der Waals surface area contributed by atoms with Gasteiger partial charge in [0.25, 0.3) is 0 Å². The van der Waals surface area contributed by atoms with Crippen molar-refractivity contribution >= 4 is 22.4 Å². The van der Waals surface area contributed by atoms with E-state index in [2.05, 4.69) is 25.2 Å². The predicted molar refractivity (Wildman–Crippen MR) is 91.7 cm³/mol. The Labute approximate surface area is 130 Å². The van der Waals surface area contributed by atoms with E-state index in [9.17, 15) is 4.79 Å². The van der Waals surface area contributed by atoms with Crippen molar-refractivity contribution in [3.8, 4) is 0 Å². The highest BCUT2D eigenvalue weighted by Crippen LogP contribution is 2.22. The van der Waals surface area contributed by atoms with Crippen LogP contribution >= 0.6 is 0 Å². The second-order valence-corrected chi connectivity index (χ2v) is 5.70. The van der Waals surface area contributed by atoms with Crippen molar-refractivity contribution in [1.29, 1.82) is 0 Å². The second kappa shape index (κ2) is 5.68. The van der Waals surface area contributed by atoms with Crippen LogP contribution in [0.5, 0.6) is 0 Å². The van der Waals surface area contributed by atoms with Crippen LogP contribution in [0.1, 0.15) is 21.5 Å². The lowest BCUT2D eigenvalue weighted by molar-refractivity contribution is 0.101. The molecule has 3 rings (SSSR count). The minimum atomic E-state index is 0.109. The number of Topliss-reactive ketones (excluding diaryl/α,β-unsaturated/α-hetero) is 1. The third kappa shape index (κ3) is 2.50. The molecule has 1 N–H and O–H groups in total. The number of benzene rings is 2. The van der Waals surface area contributed by atoms with Gasteiger partial charge in [0.2, 0.25) is 0 Å². The number of anilines is 1. The van der Waals surface area contributed by atoms with Crippen LogP contribution < -0.4 is 5.32 Å². The molecule has 0 radical (unpaired) electrons. The van der Waals surface area contributed by atoms with Gasteiger partial charge in [-0.25, -0.2) is 0 Å². The van der Waals surface area contributed by atoms with Crippen LogP contribution in [0.25, 0.3) is 10.9 Å². The number of fused-ring (bicyclic) bond motifs is 1. The Bertz CT molecular complexity index is 846. The molecule has 22 heavy (non-hydrogen) atoms. The lowest BCUT2D eigenvalue weighted by atomic mass is 10.1. The molecule has 0 aliphatic carbocycles. The highest BCUT2D eigenvalue weighted by Gasteiger charge is 2.13. The quantitative estimate of drug-likeness (QED) is 0.735. The highest BCUT2D eigenvalue weighted by molar-refractivity contribution is 6.09. The van der Waals surface area contributed by atoms with Gasteiger partial charge in [0.15, 0.2) is 5.78 Å². The fourth-order valence-corrected chi connectivity index (χ4v) is 2.78. The first kappa shape index (κ1) is 14.4. The van der Waals surface area contributed by atoms with E-state index in [-0.39, 0.29) is 5.78 Å². The van der Waals surface area contributed by atoms with Crippen LogP contribution in [0.2, 0.25) is 0 Å². The van der Waals surface area contributed by atoms with E-state index in [1.807, 2.05) is 54.2 Å². The molecule has 0 saturated heterocycles. The molecule has 0 spiro atoms. The minimum Gasteiger partial charge on any atom is -0.377 e. The zero-order chi connectivity index (χ0) is 15.7. The van der Waals surface area contributed by atoms with Crippen LogP contribution in [0, 0.1) is 13.8 Å². The van der Waals surface area contributed by atoms with Gasteiger partial charge in [-0.15, -0.1) is 0 Å². The number of rotatable bonds is 4. The van der Waals surface area contributed by atoms with Crippen molar-refractivity contribution in [2.24, 2.45) is 7.05 Å². The first-order valence-electron chi connectivity index (χ1n) is 7.45. The number of aryl methyl sites for hydroxylation is 2. The van der Waals surface area contributed by atoms with Crippen molar-refractivity contribution in [3.05, 3.63) is 65.4 Å². The Morgan fingerprint density at radius 1 is 1.09 bits per heavy atom. The number of carbonyl (C=O) groups is 1. The monoisotopic (exact) mass is 292 g/mol. The predicted octanol–water partition coefficient (Wildman–Crippen LogP) is 4.09. The summed E-state index contributed by atoms with van der Waals surface area (Å²) in [6, 6.07) is 14.1. The zero-order valence-corrected chi connectivity index (χ0v) is 13.2. The summed E-state index contributed by atoms with van der Waals surface area (Å²) in [6.07, 6.45) is 1.91. The second-order valence-electron chi connectivity index (χ2n) is 5.70. The average molecular weight is 292 g/mol. The maximum Gasteiger partial charge on any atom is 0.184 e. The summed E-state index contributed by atoms with van der Waals surface area (Å²) in [5, 5.41) is 4.28. The Morgan fingerprint density at radius 3 is 2.68 bits per heavy atom. The van der Waals surface area contributed by atoms with E-state index in [0.29, 0.717) is 6.54 Å². The van der Waals surface area contributed by atoms with Gasteiger partial charge in [0.05, 0.1) is 6.54 Å². The van der Waals surface area contributed by atoms with Gasteiger partial charge in [0, 0.05) is 35.4 Å². The molecule has 112 valence electrons. The van der Waals surface area contributed by atoms with Gasteiger partial charge in [-0.2, -0.15) is 0 Å². The molecule has 0 bridgehead atoms. The maximum atomic E-state index is 12.6. The number of para-hydroxylation sites is 1. The molecule has 0 amide bonds. The molecule has 0 aliphatic heterocycles. The number of carbonyl (C=O) groups excluding carboxylic acids is 1. The summed E-state index contributed by atoms with van der Waals surface area (Å²) >= 11 is 0. The summed E-state index contributed by atoms with van der Waals surface area (Å²) in [5.74, 6) is 0.109. The summed E-state index contributed by atoms with van der Waals surface area (Å²) in [5.41, 5.74) is 5.29. The van der Waals surface area contributed by atoms with Crippen LogP contribution in [0.4, 0.5) is 5.69 Å². The van der Waals surface area contributed by atoms with Crippen molar-refractivity contribution < 1.29 is 4.79 Å². The molecular formula is C19H20N2O. The third-order valence-corrected chi connectivity index (χ3v) is 4.24. The van der Waals surface area contributed by atoms with Crippen molar-refractivity contribution in [2.45, 2.75) is 13.8 Å². The fraction of sp³-hybridized carbons (Fsp3) is 0.211. The van der Waals surface area contributed by atoms with Gasteiger partial charge in [0.1, 0.15) is 0 Å². The van der Waals surface area contributed by atoms with Gasteiger partial charge >= 0.3 is 0 Å². The smallest absolute Gasteiger partial charge is 0.184 e. The van der Waals surface area contributed by atoms with Crippen molar-refractivity contribution in [1.82, 2.24) is 4.57 Å². The van der Waals surface area contributed by atoms with Crippen LogP contribution in [-0.2, 0) is 7.05 Å². The number of aromatic nitrogens is 1. The molecule has 0 aliphatic rings. The molecule has 0 unspecified atom stereocenters. The lowest BCUT2D eigenvalue weighted by Gasteiger charge is -2.10. The van der Waals surface area contributed by atoms with E-state index in [1.54, 1.807) is 0 Å². The number of ketones is 1. The molecule has 3 nitrogen and oxygen atoms in total. The van der Waals surface area contributed by atoms with Crippen LogP contribution in [-0.4, -0.2) is 16.9 Å². The summed E-state index contributed by atoms with van der Waals surface area (Å²) < 4.78 is 2.00. The Balaban J connectivity index is 1.84. The van der Waals surface area contributed by atoms with E-state index >= 15 is 0 Å². The van der Waals surface area contributed by atoms with Gasteiger partial charge in [-0.3, -0.25) is 4.79 Å². The van der Waals surface area contributed by atoms with E-state index in [4.69, 9.17) is 0 Å². The van der Waals surface area contributed by atoms with Gasteiger partial charge < -0.3 is 9.88 Å². The van der Waals surface area contributed by atoms with Crippen LogP contribution in [0.15, 0.2) is 48.7 Å². The molecule has 0 atom stereocenters. The standard InChI is InChI=1S/C19H20N2O/c1-13-7-6-9-17(14(13)2)20-11-19(22)16-12-21(3)18-10-5-4-8-15(16)18/h4-10,12,20H,11H2,1-3H3. The number of nitrogens with zero attached hydrogens (tertiary/aromatic N) is 1. The summed E-state index contributed by atoms with van der Waals surface area (Å²) in [7, 11) is 1.97. The molecule has 2 aromatic carbocycles. The topological polar surface area (TPSA) is 34.0 Å². The number of hydrogen-bond donors (Lipinski definition) is 1. The normalized spacial score (nSPS) is 10.9. The van der Waals surface area contributed by atoms with Gasteiger partial charge in [-0.05, 0) is 37.1 Å². The Morgan fingerprint density at radius 2 is 1.86 bits per heavy atom. The molecule has 3 heteroatoms. The molecule has 1 heterocycles. The maximum absolute atomic E-state index is 12.6. The molecule has 0 fully saturated rings. The highest BCUT2D eigenvalue weighted by atomic mass is 16.1. The SMILES string of the molecule is Cc1cccc(NCC(=O)c2cn(C)c3ccccc23)c1C. The Hall–Kier alpha value is -2.55. The lowest BCUT2D eigenvalue weighted by Crippen LogP contribution is -2.14. The molecular weight excluding hydrogens is 272 g/mol. The summed E-state index contributed by atoms with van der Waals surface area (Å²) in [6.45, 7) is 4.45. The van der Waals surface area contributed by atoms with E-state index < -0.39 is 0 Å². The fourth-order valence-electron chi connectivity index (χ4n) is 2.78. The molecule has 3 aromatic rings. The summed E-state index contributed by atoms with van der Waals surface area (Å²) in [4.78, 5) is 12.6. The Kier molecular flexibility index (Phi) is 3.72. The van der Waals surface area contributed by atoms with Crippen LogP contribution in [0.3, 0.4) is 0 Å². The zero-order valence-electron chi connectivity index (χ0n) is 13.2.